The lowest BCUT2D eigenvalue weighted by Gasteiger charge is -2.56. The van der Waals surface area contributed by atoms with Crippen LogP contribution >= 0.6 is 0 Å². The molecule has 0 unspecified atom stereocenters. The van der Waals surface area contributed by atoms with E-state index in [-0.39, 0.29) is 11.4 Å². The lowest BCUT2D eigenvalue weighted by molar-refractivity contribution is -0.0168. The number of rotatable bonds is 5. The molecule has 1 aromatic heterocycles. The Bertz CT molecular complexity index is 843. The summed E-state index contributed by atoms with van der Waals surface area (Å²) in [4.78, 5) is 13.6. The highest BCUT2D eigenvalue weighted by Gasteiger charge is 2.51. The SMILES string of the molecule is CCCCn1c(C(=O)NC23CC4CC(CC(C4)C2)C3)c(C)c2ccccc21. The minimum atomic E-state index is 0.0737. The molecule has 1 amide bonds. The summed E-state index contributed by atoms with van der Waals surface area (Å²) in [6.07, 6.45) is 10.1. The first-order valence-electron chi connectivity index (χ1n) is 11.0. The first-order chi connectivity index (χ1) is 13.1. The van der Waals surface area contributed by atoms with Crippen molar-refractivity contribution in [2.75, 3.05) is 0 Å². The van der Waals surface area contributed by atoms with E-state index in [1.165, 1.54) is 49.4 Å². The third-order valence-corrected chi connectivity index (χ3v) is 7.59. The summed E-state index contributed by atoms with van der Waals surface area (Å²) in [5, 5.41) is 4.83. The van der Waals surface area contributed by atoms with E-state index in [1.54, 1.807) is 0 Å². The maximum atomic E-state index is 13.6. The van der Waals surface area contributed by atoms with Crippen LogP contribution in [0.3, 0.4) is 0 Å². The van der Waals surface area contributed by atoms with Gasteiger partial charge in [0.25, 0.3) is 5.91 Å². The maximum Gasteiger partial charge on any atom is 0.268 e. The quantitative estimate of drug-likeness (QED) is 0.752. The molecule has 4 fully saturated rings. The normalized spacial score (nSPS) is 31.6. The van der Waals surface area contributed by atoms with Gasteiger partial charge in [-0.25, -0.2) is 0 Å². The molecule has 0 saturated heterocycles. The van der Waals surface area contributed by atoms with Crippen LogP contribution in [-0.4, -0.2) is 16.0 Å². The van der Waals surface area contributed by atoms with Crippen molar-refractivity contribution < 1.29 is 4.79 Å². The highest BCUT2D eigenvalue weighted by Crippen LogP contribution is 2.55. The Morgan fingerprint density at radius 2 is 1.74 bits per heavy atom. The van der Waals surface area contributed by atoms with E-state index in [9.17, 15) is 4.79 Å². The number of benzene rings is 1. The number of hydrogen-bond donors (Lipinski definition) is 1. The number of aromatic nitrogens is 1. The van der Waals surface area contributed by atoms with Gasteiger partial charge in [0.2, 0.25) is 0 Å². The Hall–Kier alpha value is -1.77. The number of unbranched alkanes of at least 4 members (excludes halogenated alkanes) is 1. The second kappa shape index (κ2) is 6.39. The van der Waals surface area contributed by atoms with Crippen molar-refractivity contribution in [3.63, 3.8) is 0 Å². The molecule has 27 heavy (non-hydrogen) atoms. The van der Waals surface area contributed by atoms with Crippen LogP contribution in [0.2, 0.25) is 0 Å². The fourth-order valence-corrected chi connectivity index (χ4v) is 6.88. The summed E-state index contributed by atoms with van der Waals surface area (Å²) >= 11 is 0. The Balaban J connectivity index is 1.50. The zero-order valence-electron chi connectivity index (χ0n) is 16.8. The monoisotopic (exact) mass is 364 g/mol. The molecule has 0 spiro atoms. The minimum Gasteiger partial charge on any atom is -0.345 e. The largest absolute Gasteiger partial charge is 0.345 e. The van der Waals surface area contributed by atoms with Crippen molar-refractivity contribution in [1.82, 2.24) is 9.88 Å². The predicted octanol–water partition coefficient (Wildman–Crippen LogP) is 5.45. The van der Waals surface area contributed by atoms with Crippen LogP contribution in [0.25, 0.3) is 10.9 Å². The number of amides is 1. The van der Waals surface area contributed by atoms with E-state index < -0.39 is 0 Å². The van der Waals surface area contributed by atoms with Gasteiger partial charge in [0.05, 0.1) is 0 Å². The van der Waals surface area contributed by atoms with Gasteiger partial charge >= 0.3 is 0 Å². The van der Waals surface area contributed by atoms with Gasteiger partial charge in [-0.1, -0.05) is 31.5 Å². The number of carbonyl (C=O) groups is 1. The van der Waals surface area contributed by atoms with Crippen LogP contribution < -0.4 is 5.32 Å². The molecular weight excluding hydrogens is 332 g/mol. The lowest BCUT2D eigenvalue weighted by atomic mass is 9.53. The zero-order valence-corrected chi connectivity index (χ0v) is 16.8. The molecule has 0 atom stereocenters. The molecule has 0 aliphatic heterocycles. The van der Waals surface area contributed by atoms with E-state index in [0.29, 0.717) is 0 Å². The third-order valence-electron chi connectivity index (χ3n) is 7.59. The number of hydrogen-bond acceptors (Lipinski definition) is 1. The van der Waals surface area contributed by atoms with E-state index in [0.717, 1.165) is 48.4 Å². The molecule has 4 aliphatic rings. The van der Waals surface area contributed by atoms with Gasteiger partial charge in [0, 0.05) is 23.0 Å². The second-order valence-corrected chi connectivity index (χ2v) is 9.65. The van der Waals surface area contributed by atoms with Crippen LogP contribution in [0.15, 0.2) is 24.3 Å². The number of nitrogens with one attached hydrogen (secondary N) is 1. The van der Waals surface area contributed by atoms with Crippen LogP contribution in [0.1, 0.15) is 74.3 Å². The highest BCUT2D eigenvalue weighted by atomic mass is 16.2. The van der Waals surface area contributed by atoms with Crippen molar-refractivity contribution in [1.29, 1.82) is 0 Å². The van der Waals surface area contributed by atoms with E-state index in [1.807, 2.05) is 0 Å². The third kappa shape index (κ3) is 2.81. The number of aryl methyl sites for hydroxylation is 2. The molecule has 1 aromatic carbocycles. The Labute approximate surface area is 162 Å². The molecule has 4 aliphatic carbocycles. The molecule has 3 heteroatoms. The zero-order chi connectivity index (χ0) is 18.6. The van der Waals surface area contributed by atoms with Gasteiger partial charge in [0.1, 0.15) is 5.69 Å². The summed E-state index contributed by atoms with van der Waals surface area (Å²) in [5.74, 6) is 2.72. The van der Waals surface area contributed by atoms with Gasteiger partial charge in [-0.3, -0.25) is 4.79 Å². The van der Waals surface area contributed by atoms with Gasteiger partial charge in [0.15, 0.2) is 0 Å². The van der Waals surface area contributed by atoms with E-state index in [2.05, 4.69) is 48.0 Å². The van der Waals surface area contributed by atoms with Crippen LogP contribution in [0.4, 0.5) is 0 Å². The molecule has 4 saturated carbocycles. The van der Waals surface area contributed by atoms with Crippen LogP contribution in [-0.2, 0) is 6.54 Å². The number of para-hydroxylation sites is 1. The smallest absolute Gasteiger partial charge is 0.268 e. The fourth-order valence-electron chi connectivity index (χ4n) is 6.88. The average Bonchev–Trinajstić information content (AvgIpc) is 2.91. The van der Waals surface area contributed by atoms with Crippen LogP contribution in [0, 0.1) is 24.7 Å². The Kier molecular flexibility index (Phi) is 4.10. The van der Waals surface area contributed by atoms with Crippen molar-refractivity contribution in [3.8, 4) is 0 Å². The first-order valence-corrected chi connectivity index (χ1v) is 11.0. The molecule has 2 aromatic rings. The summed E-state index contributed by atoms with van der Waals surface area (Å²) < 4.78 is 2.28. The van der Waals surface area contributed by atoms with E-state index in [4.69, 9.17) is 0 Å². The van der Waals surface area contributed by atoms with Gasteiger partial charge in [-0.2, -0.15) is 0 Å². The first kappa shape index (κ1) is 17.3. The molecule has 144 valence electrons. The summed E-state index contributed by atoms with van der Waals surface area (Å²) in [7, 11) is 0. The molecule has 1 N–H and O–H groups in total. The topological polar surface area (TPSA) is 34.0 Å². The number of nitrogens with zero attached hydrogens (tertiary/aromatic N) is 1. The molecule has 3 nitrogen and oxygen atoms in total. The second-order valence-electron chi connectivity index (χ2n) is 9.65. The van der Waals surface area contributed by atoms with Crippen LogP contribution in [0.5, 0.6) is 0 Å². The highest BCUT2D eigenvalue weighted by molar-refractivity contribution is 6.02. The summed E-state index contributed by atoms with van der Waals surface area (Å²) in [6.45, 7) is 5.27. The van der Waals surface area contributed by atoms with Crippen molar-refractivity contribution >= 4 is 16.8 Å². The molecular formula is C24H32N2O. The van der Waals surface area contributed by atoms with Crippen molar-refractivity contribution in [2.24, 2.45) is 17.8 Å². The number of carbonyl (C=O) groups excluding carboxylic acids is 1. The lowest BCUT2D eigenvalue weighted by Crippen LogP contribution is -2.60. The number of fused-ring (bicyclic) bond motifs is 1. The molecule has 6 rings (SSSR count). The summed E-state index contributed by atoms with van der Waals surface area (Å²) in [5.41, 5.74) is 3.33. The molecule has 1 heterocycles. The van der Waals surface area contributed by atoms with Gasteiger partial charge in [-0.05, 0) is 81.3 Å². The van der Waals surface area contributed by atoms with Crippen molar-refractivity contribution in [3.05, 3.63) is 35.5 Å². The maximum absolute atomic E-state index is 13.6. The van der Waals surface area contributed by atoms with Gasteiger partial charge in [-0.15, -0.1) is 0 Å². The fraction of sp³-hybridized carbons (Fsp3) is 0.625. The van der Waals surface area contributed by atoms with E-state index >= 15 is 0 Å². The van der Waals surface area contributed by atoms with Gasteiger partial charge < -0.3 is 9.88 Å². The summed E-state index contributed by atoms with van der Waals surface area (Å²) in [6, 6.07) is 8.50. The molecule has 4 bridgehead atoms. The standard InChI is InChI=1S/C24H32N2O/c1-3-4-9-26-21-8-6-5-7-20(21)16(2)22(26)23(27)25-24-13-17-10-18(14-24)12-19(11-17)15-24/h5-8,17-19H,3-4,9-15H2,1-2H3,(H,25,27). The predicted molar refractivity (Wildman–Crippen MR) is 110 cm³/mol. The average molecular weight is 365 g/mol. The van der Waals surface area contributed by atoms with Crippen molar-refractivity contribution in [2.45, 2.75) is 77.3 Å². The molecule has 0 radical (unpaired) electrons. The Morgan fingerprint density at radius 3 is 2.37 bits per heavy atom. The Morgan fingerprint density at radius 1 is 1.11 bits per heavy atom. The minimum absolute atomic E-state index is 0.0737.